The summed E-state index contributed by atoms with van der Waals surface area (Å²) in [5, 5.41) is 18.2. The number of aromatic hydroxyl groups is 1. The van der Waals surface area contributed by atoms with Crippen molar-refractivity contribution in [3.63, 3.8) is 0 Å². The van der Waals surface area contributed by atoms with Crippen molar-refractivity contribution in [2.24, 2.45) is 11.5 Å². The van der Waals surface area contributed by atoms with Crippen LogP contribution in [-0.2, 0) is 0 Å². The number of nitrogens with zero attached hydrogens (tertiary/aromatic N) is 1. The number of phenols is 1. The zero-order valence-corrected chi connectivity index (χ0v) is 8.07. The minimum absolute atomic E-state index is 0.346. The molecular weight excluding hydrogens is 197 g/mol. The van der Waals surface area contributed by atoms with Gasteiger partial charge in [0, 0.05) is 11.6 Å². The molecule has 0 spiro atoms. The number of nitriles is 1. The molecule has 0 saturated heterocycles. The van der Waals surface area contributed by atoms with Crippen LogP contribution in [0.15, 0.2) is 12.1 Å². The van der Waals surface area contributed by atoms with Gasteiger partial charge < -0.3 is 16.6 Å². The number of benzene rings is 1. The van der Waals surface area contributed by atoms with E-state index in [0.29, 0.717) is 18.5 Å². The third kappa shape index (κ3) is 2.24. The summed E-state index contributed by atoms with van der Waals surface area (Å²) in [6.07, 6.45) is 0.462. The van der Waals surface area contributed by atoms with Gasteiger partial charge in [-0.15, -0.1) is 0 Å². The van der Waals surface area contributed by atoms with E-state index in [1.54, 1.807) is 6.07 Å². The largest absolute Gasteiger partial charge is 0.506 e. The SMILES string of the molecule is N#Cc1c(F)ccc([C@@H](N)CCN)c1O. The second-order valence-electron chi connectivity index (χ2n) is 3.16. The first-order chi connectivity index (χ1) is 7.11. The van der Waals surface area contributed by atoms with Gasteiger partial charge in [0.25, 0.3) is 0 Å². The van der Waals surface area contributed by atoms with Gasteiger partial charge in [-0.3, -0.25) is 0 Å². The van der Waals surface area contributed by atoms with Gasteiger partial charge in [0.1, 0.15) is 23.2 Å². The highest BCUT2D eigenvalue weighted by Crippen LogP contribution is 2.29. The molecule has 0 aromatic heterocycles. The van der Waals surface area contributed by atoms with Crippen molar-refractivity contribution in [2.45, 2.75) is 12.5 Å². The smallest absolute Gasteiger partial charge is 0.144 e. The highest BCUT2D eigenvalue weighted by Gasteiger charge is 2.16. The summed E-state index contributed by atoms with van der Waals surface area (Å²) in [4.78, 5) is 0. The van der Waals surface area contributed by atoms with Crippen LogP contribution in [0.3, 0.4) is 0 Å². The van der Waals surface area contributed by atoms with E-state index in [4.69, 9.17) is 16.7 Å². The van der Waals surface area contributed by atoms with Crippen LogP contribution in [0.5, 0.6) is 5.75 Å². The van der Waals surface area contributed by atoms with Gasteiger partial charge >= 0.3 is 0 Å². The normalized spacial score (nSPS) is 12.1. The Morgan fingerprint density at radius 2 is 2.20 bits per heavy atom. The summed E-state index contributed by atoms with van der Waals surface area (Å²) in [7, 11) is 0. The van der Waals surface area contributed by atoms with Crippen molar-refractivity contribution in [2.75, 3.05) is 6.54 Å². The summed E-state index contributed by atoms with van der Waals surface area (Å²) in [5.74, 6) is -1.14. The van der Waals surface area contributed by atoms with Crippen LogP contribution in [0.1, 0.15) is 23.6 Å². The van der Waals surface area contributed by atoms with Crippen molar-refractivity contribution >= 4 is 0 Å². The third-order valence-electron chi connectivity index (χ3n) is 2.15. The average molecular weight is 209 g/mol. The molecule has 1 aromatic rings. The molecule has 0 saturated carbocycles. The number of hydrogen-bond acceptors (Lipinski definition) is 4. The Kier molecular flexibility index (Phi) is 3.61. The predicted molar refractivity (Wildman–Crippen MR) is 53.4 cm³/mol. The second kappa shape index (κ2) is 4.73. The number of phenolic OH excluding ortho intramolecular Hbond substituents is 1. The molecule has 0 radical (unpaired) electrons. The first-order valence-electron chi connectivity index (χ1n) is 4.49. The van der Waals surface area contributed by atoms with Crippen molar-refractivity contribution < 1.29 is 9.50 Å². The molecular formula is C10H12FN3O. The van der Waals surface area contributed by atoms with Crippen LogP contribution in [-0.4, -0.2) is 11.7 Å². The van der Waals surface area contributed by atoms with Crippen LogP contribution in [0.2, 0.25) is 0 Å². The molecule has 0 unspecified atom stereocenters. The van der Waals surface area contributed by atoms with Crippen molar-refractivity contribution in [3.05, 3.63) is 29.1 Å². The van der Waals surface area contributed by atoms with Crippen molar-refractivity contribution in [1.29, 1.82) is 5.26 Å². The average Bonchev–Trinajstić information content (AvgIpc) is 2.18. The quantitative estimate of drug-likeness (QED) is 0.684. The van der Waals surface area contributed by atoms with Gasteiger partial charge in [-0.05, 0) is 19.0 Å². The van der Waals surface area contributed by atoms with Gasteiger partial charge in [-0.25, -0.2) is 4.39 Å². The summed E-state index contributed by atoms with van der Waals surface area (Å²) in [6.45, 7) is 0.361. The van der Waals surface area contributed by atoms with Gasteiger partial charge in [0.15, 0.2) is 0 Å². The zero-order chi connectivity index (χ0) is 11.4. The Morgan fingerprint density at radius 1 is 1.53 bits per heavy atom. The molecule has 5 N–H and O–H groups in total. The van der Waals surface area contributed by atoms with Crippen molar-refractivity contribution in [1.82, 2.24) is 0 Å². The first-order valence-corrected chi connectivity index (χ1v) is 4.49. The van der Waals surface area contributed by atoms with Gasteiger partial charge in [0.2, 0.25) is 0 Å². The van der Waals surface area contributed by atoms with Gasteiger partial charge in [-0.2, -0.15) is 5.26 Å². The molecule has 4 nitrogen and oxygen atoms in total. The van der Waals surface area contributed by atoms with E-state index in [9.17, 15) is 9.50 Å². The molecule has 0 aliphatic rings. The monoisotopic (exact) mass is 209 g/mol. The second-order valence-corrected chi connectivity index (χ2v) is 3.16. The molecule has 5 heteroatoms. The van der Waals surface area contributed by atoms with Crippen molar-refractivity contribution in [3.8, 4) is 11.8 Å². The lowest BCUT2D eigenvalue weighted by Crippen LogP contribution is -2.15. The maximum atomic E-state index is 13.0. The lowest BCUT2D eigenvalue weighted by Gasteiger charge is -2.13. The van der Waals surface area contributed by atoms with Crippen LogP contribution in [0.4, 0.5) is 4.39 Å². The highest BCUT2D eigenvalue weighted by molar-refractivity contribution is 5.49. The lowest BCUT2D eigenvalue weighted by atomic mass is 10.0. The summed E-state index contributed by atoms with van der Waals surface area (Å²) < 4.78 is 13.0. The standard InChI is InChI=1S/C10H12FN3O/c11-8-2-1-6(9(14)3-4-12)10(15)7(8)5-13/h1-2,9,15H,3-4,12,14H2/t9-/m0/s1. The van der Waals surface area contributed by atoms with E-state index in [0.717, 1.165) is 6.07 Å². The summed E-state index contributed by atoms with van der Waals surface area (Å²) in [5.41, 5.74) is 11.0. The molecule has 1 atom stereocenters. The van der Waals surface area contributed by atoms with E-state index < -0.39 is 17.6 Å². The fourth-order valence-corrected chi connectivity index (χ4v) is 1.32. The molecule has 0 heterocycles. The molecule has 0 bridgehead atoms. The lowest BCUT2D eigenvalue weighted by molar-refractivity contribution is 0.450. The number of halogens is 1. The maximum absolute atomic E-state index is 13.0. The molecule has 0 aliphatic carbocycles. The zero-order valence-electron chi connectivity index (χ0n) is 8.07. The van der Waals surface area contributed by atoms with Crippen LogP contribution in [0, 0.1) is 17.1 Å². The Morgan fingerprint density at radius 3 is 2.73 bits per heavy atom. The number of nitrogens with two attached hydrogens (primary N) is 2. The fourth-order valence-electron chi connectivity index (χ4n) is 1.32. The van der Waals surface area contributed by atoms with E-state index >= 15 is 0 Å². The van der Waals surface area contributed by atoms with E-state index in [1.807, 2.05) is 0 Å². The Hall–Kier alpha value is -1.64. The Balaban J connectivity index is 3.17. The molecule has 0 fully saturated rings. The molecule has 1 rings (SSSR count). The number of rotatable bonds is 3. The third-order valence-corrected chi connectivity index (χ3v) is 2.15. The topological polar surface area (TPSA) is 96.1 Å². The Labute approximate surface area is 86.9 Å². The Bertz CT molecular complexity index is 400. The fraction of sp³-hybridized carbons (Fsp3) is 0.300. The maximum Gasteiger partial charge on any atom is 0.144 e. The van der Waals surface area contributed by atoms with Crippen LogP contribution >= 0.6 is 0 Å². The predicted octanol–water partition coefficient (Wildman–Crippen LogP) is 0.752. The summed E-state index contributed by atoms with van der Waals surface area (Å²) >= 11 is 0. The highest BCUT2D eigenvalue weighted by atomic mass is 19.1. The first kappa shape index (κ1) is 11.4. The van der Waals surface area contributed by atoms with E-state index in [2.05, 4.69) is 0 Å². The van der Waals surface area contributed by atoms with E-state index in [-0.39, 0.29) is 5.56 Å². The minimum atomic E-state index is -0.751. The van der Waals surface area contributed by atoms with Crippen LogP contribution in [0.25, 0.3) is 0 Å². The molecule has 0 amide bonds. The van der Waals surface area contributed by atoms with Gasteiger partial charge in [-0.1, -0.05) is 6.07 Å². The molecule has 80 valence electrons. The van der Waals surface area contributed by atoms with Crippen LogP contribution < -0.4 is 11.5 Å². The van der Waals surface area contributed by atoms with E-state index in [1.165, 1.54) is 6.07 Å². The molecule has 1 aromatic carbocycles. The minimum Gasteiger partial charge on any atom is -0.506 e. The molecule has 0 aliphatic heterocycles. The van der Waals surface area contributed by atoms with Gasteiger partial charge in [0.05, 0.1) is 0 Å². The summed E-state index contributed by atoms with van der Waals surface area (Å²) in [6, 6.07) is 3.59. The number of hydrogen-bond donors (Lipinski definition) is 3. The molecule has 15 heavy (non-hydrogen) atoms.